The normalized spacial score (nSPS) is 16.1. The van der Waals surface area contributed by atoms with Crippen LogP contribution in [0.2, 0.25) is 0 Å². The van der Waals surface area contributed by atoms with Crippen LogP contribution in [-0.4, -0.2) is 10.8 Å². The first-order valence-corrected chi connectivity index (χ1v) is 17.0. The number of nitrogens with zero attached hydrogens (tertiary/aromatic N) is 2. The van der Waals surface area contributed by atoms with Gasteiger partial charge in [-0.25, -0.2) is 4.99 Å². The third kappa shape index (κ3) is 4.18. The highest BCUT2D eigenvalue weighted by Gasteiger charge is 2.51. The molecule has 10 rings (SSSR count). The molecular formula is C46H31N3O. The highest BCUT2D eigenvalue weighted by Crippen LogP contribution is 2.63. The van der Waals surface area contributed by atoms with Crippen LogP contribution < -0.4 is 10.1 Å². The van der Waals surface area contributed by atoms with Crippen LogP contribution in [-0.2, 0) is 5.41 Å². The minimum Gasteiger partial charge on any atom is -0.456 e. The Kier molecular flexibility index (Phi) is 6.43. The van der Waals surface area contributed by atoms with Gasteiger partial charge in [0.05, 0.1) is 22.8 Å². The first-order chi connectivity index (χ1) is 24.8. The van der Waals surface area contributed by atoms with Gasteiger partial charge in [0, 0.05) is 28.5 Å². The first kappa shape index (κ1) is 28.5. The summed E-state index contributed by atoms with van der Waals surface area (Å²) in [7, 11) is 0. The van der Waals surface area contributed by atoms with Crippen molar-refractivity contribution in [2.24, 2.45) is 4.99 Å². The summed E-state index contributed by atoms with van der Waals surface area (Å²) in [5.74, 6) is 2.52. The van der Waals surface area contributed by atoms with E-state index < -0.39 is 5.41 Å². The molecule has 1 atom stereocenters. The highest BCUT2D eigenvalue weighted by atomic mass is 16.5. The number of benzene rings is 6. The Labute approximate surface area is 291 Å². The number of aromatic nitrogens is 1. The summed E-state index contributed by atoms with van der Waals surface area (Å²) in [6.45, 7) is 0. The molecule has 1 spiro atoms. The summed E-state index contributed by atoms with van der Waals surface area (Å²) >= 11 is 0. The molecule has 1 unspecified atom stereocenters. The van der Waals surface area contributed by atoms with Crippen LogP contribution >= 0.6 is 0 Å². The zero-order valence-corrected chi connectivity index (χ0v) is 27.1. The van der Waals surface area contributed by atoms with Crippen molar-refractivity contribution < 1.29 is 4.74 Å². The van der Waals surface area contributed by atoms with E-state index in [2.05, 4.69) is 156 Å². The van der Waals surface area contributed by atoms with Gasteiger partial charge >= 0.3 is 0 Å². The van der Waals surface area contributed by atoms with Gasteiger partial charge in [-0.15, -0.1) is 0 Å². The molecule has 50 heavy (non-hydrogen) atoms. The molecule has 0 bridgehead atoms. The van der Waals surface area contributed by atoms with Crippen LogP contribution in [0.4, 0.5) is 0 Å². The van der Waals surface area contributed by atoms with Crippen LogP contribution in [0.3, 0.4) is 0 Å². The van der Waals surface area contributed by atoms with Gasteiger partial charge in [0.1, 0.15) is 17.3 Å². The predicted molar refractivity (Wildman–Crippen MR) is 200 cm³/mol. The van der Waals surface area contributed by atoms with E-state index >= 15 is 0 Å². The zero-order chi connectivity index (χ0) is 33.1. The van der Waals surface area contributed by atoms with Gasteiger partial charge in [-0.2, -0.15) is 0 Å². The Balaban J connectivity index is 1.20. The molecule has 1 N–H and O–H groups in total. The van der Waals surface area contributed by atoms with Crippen LogP contribution in [0.15, 0.2) is 181 Å². The molecule has 2 aliphatic heterocycles. The van der Waals surface area contributed by atoms with E-state index in [0.717, 1.165) is 62.1 Å². The van der Waals surface area contributed by atoms with Gasteiger partial charge in [0.25, 0.3) is 0 Å². The molecule has 0 saturated carbocycles. The maximum absolute atomic E-state index is 7.02. The molecule has 7 aromatic rings. The Morgan fingerprint density at radius 2 is 1.10 bits per heavy atom. The Bertz CT molecular complexity index is 2450. The molecule has 3 aliphatic rings. The van der Waals surface area contributed by atoms with E-state index in [1.165, 1.54) is 22.3 Å². The molecule has 0 radical (unpaired) electrons. The second kappa shape index (κ2) is 11.3. The van der Waals surface area contributed by atoms with Crippen molar-refractivity contribution >= 4 is 11.5 Å². The summed E-state index contributed by atoms with van der Waals surface area (Å²) in [5.41, 5.74) is 12.7. The van der Waals surface area contributed by atoms with Crippen molar-refractivity contribution in [3.63, 3.8) is 0 Å². The summed E-state index contributed by atoms with van der Waals surface area (Å²) in [6, 6.07) is 57.7. The van der Waals surface area contributed by atoms with Gasteiger partial charge in [-0.1, -0.05) is 146 Å². The largest absolute Gasteiger partial charge is 0.456 e. The van der Waals surface area contributed by atoms with Crippen LogP contribution in [0.1, 0.15) is 45.1 Å². The van der Waals surface area contributed by atoms with E-state index in [4.69, 9.17) is 9.73 Å². The lowest BCUT2D eigenvalue weighted by atomic mass is 9.65. The number of hydrogen-bond donors (Lipinski definition) is 1. The third-order valence-electron chi connectivity index (χ3n) is 10.3. The van der Waals surface area contributed by atoms with Crippen molar-refractivity contribution in [3.8, 4) is 33.8 Å². The number of nitrogens with one attached hydrogen (secondary N) is 1. The minimum atomic E-state index is -0.532. The molecule has 0 fully saturated rings. The van der Waals surface area contributed by atoms with E-state index in [0.29, 0.717) is 0 Å². The number of hydrogen-bond acceptors (Lipinski definition) is 4. The van der Waals surface area contributed by atoms with Gasteiger partial charge in [-0.05, 0) is 57.7 Å². The molecule has 3 heterocycles. The maximum atomic E-state index is 7.02. The fraction of sp³-hybridized carbons (Fsp3) is 0.0435. The maximum Gasteiger partial charge on any atom is 0.140 e. The third-order valence-corrected chi connectivity index (χ3v) is 10.3. The van der Waals surface area contributed by atoms with E-state index in [1.54, 1.807) is 0 Å². The van der Waals surface area contributed by atoms with Gasteiger partial charge in [-0.3, -0.25) is 4.98 Å². The molecule has 0 amide bonds. The smallest absolute Gasteiger partial charge is 0.140 e. The number of amidine groups is 1. The van der Waals surface area contributed by atoms with Gasteiger partial charge in [0.2, 0.25) is 0 Å². The molecule has 6 aromatic carbocycles. The quantitative estimate of drug-likeness (QED) is 0.208. The zero-order valence-electron chi connectivity index (χ0n) is 27.1. The monoisotopic (exact) mass is 641 g/mol. The van der Waals surface area contributed by atoms with Crippen molar-refractivity contribution in [2.75, 3.05) is 0 Å². The highest BCUT2D eigenvalue weighted by molar-refractivity contribution is 6.08. The van der Waals surface area contributed by atoms with Crippen molar-refractivity contribution in [1.82, 2.24) is 10.3 Å². The Hall–Kier alpha value is -6.52. The number of ether oxygens (including phenoxy) is 1. The summed E-state index contributed by atoms with van der Waals surface area (Å²) < 4.78 is 7.02. The number of rotatable bonds is 4. The molecule has 0 saturated heterocycles. The summed E-state index contributed by atoms with van der Waals surface area (Å²) in [6.07, 6.45) is 3.98. The molecule has 4 nitrogen and oxygen atoms in total. The Morgan fingerprint density at radius 3 is 1.84 bits per heavy atom. The molecule has 1 aliphatic carbocycles. The number of para-hydroxylation sites is 2. The topological polar surface area (TPSA) is 46.5 Å². The average Bonchev–Trinajstić information content (AvgIpc) is 3.49. The van der Waals surface area contributed by atoms with Crippen LogP contribution in [0, 0.1) is 0 Å². The molecular weight excluding hydrogens is 611 g/mol. The van der Waals surface area contributed by atoms with Crippen LogP contribution in [0.25, 0.3) is 28.0 Å². The van der Waals surface area contributed by atoms with E-state index in [1.807, 2.05) is 30.5 Å². The van der Waals surface area contributed by atoms with Crippen molar-refractivity contribution in [3.05, 3.63) is 215 Å². The summed E-state index contributed by atoms with van der Waals surface area (Å²) in [4.78, 5) is 9.90. The number of fused-ring (bicyclic) bond motifs is 9. The lowest BCUT2D eigenvalue weighted by Gasteiger charge is -2.40. The molecule has 1 aromatic heterocycles. The van der Waals surface area contributed by atoms with E-state index in [9.17, 15) is 0 Å². The lowest BCUT2D eigenvalue weighted by Crippen LogP contribution is -2.33. The van der Waals surface area contributed by atoms with Gasteiger partial charge < -0.3 is 10.1 Å². The number of pyridine rings is 1. The van der Waals surface area contributed by atoms with Crippen molar-refractivity contribution in [2.45, 2.75) is 11.5 Å². The minimum absolute atomic E-state index is 0.0867. The van der Waals surface area contributed by atoms with Crippen LogP contribution in [0.5, 0.6) is 11.5 Å². The summed E-state index contributed by atoms with van der Waals surface area (Å²) in [5, 5.41) is 3.77. The SMILES string of the molecule is C1=C(c2ccccn2)N=C(c2ccccc2-c2cccc3c2Oc2ccccc2C32c3ccccc3-c3ccccc32)NC1c1ccccc1. The average molecular weight is 642 g/mol. The number of aliphatic imine (C=N–C) groups is 1. The Morgan fingerprint density at radius 1 is 0.500 bits per heavy atom. The lowest BCUT2D eigenvalue weighted by molar-refractivity contribution is 0.438. The first-order valence-electron chi connectivity index (χ1n) is 17.0. The molecule has 4 heteroatoms. The van der Waals surface area contributed by atoms with E-state index in [-0.39, 0.29) is 6.04 Å². The predicted octanol–water partition coefficient (Wildman–Crippen LogP) is 10.3. The second-order valence-corrected chi connectivity index (χ2v) is 12.9. The second-order valence-electron chi connectivity index (χ2n) is 12.9. The molecule has 236 valence electrons. The standard InChI is InChI=1S/C46H31N3O/c1-2-15-30(16-3-1)41-29-42(40-26-12-13-28-47-40)49-45(48-41)35-20-5-4-17-31(35)34-21-14-25-39-44(34)50-43-27-11-10-24-38(43)46(39)36-22-8-6-18-32(36)33-19-7-9-23-37(33)46/h1-29,41H,(H,48,49). The fourth-order valence-electron chi connectivity index (χ4n) is 8.19. The fourth-order valence-corrected chi connectivity index (χ4v) is 8.19. The van der Waals surface area contributed by atoms with Crippen molar-refractivity contribution in [1.29, 1.82) is 0 Å². The van der Waals surface area contributed by atoms with Gasteiger partial charge in [0.15, 0.2) is 0 Å².